The molecule has 6 heteroatoms. The van der Waals surface area contributed by atoms with Gasteiger partial charge in [0.05, 0.1) is 13.2 Å². The average molecular weight is 317 g/mol. The van der Waals surface area contributed by atoms with E-state index in [2.05, 4.69) is 17.0 Å². The summed E-state index contributed by atoms with van der Waals surface area (Å²) < 4.78 is 9.91. The molecule has 0 rings (SSSR count). The summed E-state index contributed by atoms with van der Waals surface area (Å²) in [6.07, 6.45) is 8.22. The number of alkyl carbamates (subject to hydrolysis) is 1. The van der Waals surface area contributed by atoms with Crippen molar-refractivity contribution in [2.24, 2.45) is 0 Å². The molecule has 0 bridgehead atoms. The van der Waals surface area contributed by atoms with Gasteiger partial charge in [0.25, 0.3) is 0 Å². The number of carboxylic acids is 1. The zero-order chi connectivity index (χ0) is 16.8. The highest BCUT2D eigenvalue weighted by molar-refractivity contribution is 5.80. The molecule has 0 saturated carbocycles. The van der Waals surface area contributed by atoms with Gasteiger partial charge in [0, 0.05) is 6.61 Å². The maximum atomic E-state index is 11.1. The predicted octanol–water partition coefficient (Wildman–Crippen LogP) is 3.34. The van der Waals surface area contributed by atoms with Crippen molar-refractivity contribution in [3.63, 3.8) is 0 Å². The van der Waals surface area contributed by atoms with E-state index in [1.54, 1.807) is 6.92 Å². The summed E-state index contributed by atoms with van der Waals surface area (Å²) in [5.41, 5.74) is 0. The summed E-state index contributed by atoms with van der Waals surface area (Å²) in [7, 11) is 1.19. The van der Waals surface area contributed by atoms with Crippen LogP contribution < -0.4 is 5.32 Å². The second kappa shape index (κ2) is 13.4. The van der Waals surface area contributed by atoms with Crippen molar-refractivity contribution in [2.75, 3.05) is 13.7 Å². The fourth-order valence-corrected chi connectivity index (χ4v) is 2.17. The zero-order valence-electron chi connectivity index (χ0n) is 14.1. The monoisotopic (exact) mass is 317 g/mol. The maximum absolute atomic E-state index is 11.1. The number of rotatable bonds is 13. The molecular formula is C16H31NO5. The van der Waals surface area contributed by atoms with E-state index >= 15 is 0 Å². The lowest BCUT2D eigenvalue weighted by atomic mass is 10.1. The number of amides is 1. The van der Waals surface area contributed by atoms with E-state index in [-0.39, 0.29) is 0 Å². The van der Waals surface area contributed by atoms with Crippen molar-refractivity contribution in [1.29, 1.82) is 0 Å². The van der Waals surface area contributed by atoms with Crippen molar-refractivity contribution >= 4 is 12.1 Å². The highest BCUT2D eigenvalue weighted by Crippen LogP contribution is 2.09. The molecular weight excluding hydrogens is 286 g/mol. The van der Waals surface area contributed by atoms with Crippen LogP contribution in [0.2, 0.25) is 0 Å². The molecule has 0 heterocycles. The molecule has 0 radical (unpaired) electrons. The molecule has 0 spiro atoms. The molecule has 0 aromatic heterocycles. The van der Waals surface area contributed by atoms with Crippen molar-refractivity contribution in [3.8, 4) is 0 Å². The van der Waals surface area contributed by atoms with Crippen molar-refractivity contribution in [2.45, 2.75) is 77.4 Å². The molecule has 2 N–H and O–H groups in total. The molecule has 0 aromatic carbocycles. The van der Waals surface area contributed by atoms with Gasteiger partial charge < -0.3 is 19.9 Å². The van der Waals surface area contributed by atoms with Gasteiger partial charge in [0.15, 0.2) is 6.04 Å². The normalized spacial score (nSPS) is 13.4. The molecule has 0 unspecified atom stereocenters. The largest absolute Gasteiger partial charge is 0.480 e. The molecule has 0 saturated heterocycles. The van der Waals surface area contributed by atoms with E-state index in [0.29, 0.717) is 6.61 Å². The minimum Gasteiger partial charge on any atom is -0.480 e. The Morgan fingerprint density at radius 1 is 1.05 bits per heavy atom. The summed E-state index contributed by atoms with van der Waals surface area (Å²) in [4.78, 5) is 22.2. The van der Waals surface area contributed by atoms with Crippen LogP contribution in [-0.4, -0.2) is 43.0 Å². The van der Waals surface area contributed by atoms with Crippen LogP contribution in [-0.2, 0) is 14.3 Å². The Morgan fingerprint density at radius 3 is 2.09 bits per heavy atom. The lowest BCUT2D eigenvalue weighted by molar-refractivity contribution is -0.143. The predicted molar refractivity (Wildman–Crippen MR) is 85.0 cm³/mol. The summed E-state index contributed by atoms with van der Waals surface area (Å²) in [6.45, 7) is 4.35. The number of aliphatic carboxylic acids is 1. The fourth-order valence-electron chi connectivity index (χ4n) is 2.17. The van der Waals surface area contributed by atoms with Crippen molar-refractivity contribution in [1.82, 2.24) is 5.32 Å². The molecule has 0 aromatic rings. The molecule has 22 heavy (non-hydrogen) atoms. The van der Waals surface area contributed by atoms with E-state index in [0.717, 1.165) is 12.8 Å². The lowest BCUT2D eigenvalue weighted by Gasteiger charge is -2.21. The van der Waals surface area contributed by atoms with Crippen molar-refractivity contribution < 1.29 is 24.2 Å². The second-order valence-corrected chi connectivity index (χ2v) is 5.50. The number of unbranched alkanes of at least 4 members (excludes halogenated alkanes) is 7. The van der Waals surface area contributed by atoms with E-state index in [9.17, 15) is 9.59 Å². The Hall–Kier alpha value is -1.30. The van der Waals surface area contributed by atoms with Gasteiger partial charge in [0.1, 0.15) is 0 Å². The van der Waals surface area contributed by atoms with Crippen LogP contribution in [0.4, 0.5) is 4.79 Å². The third-order valence-electron chi connectivity index (χ3n) is 3.57. The fraction of sp³-hybridized carbons (Fsp3) is 0.875. The number of carbonyl (C=O) groups excluding carboxylic acids is 1. The molecule has 0 aliphatic rings. The van der Waals surface area contributed by atoms with Crippen LogP contribution in [0.25, 0.3) is 0 Å². The SMILES string of the molecule is CCCCCCCCCCO[C@H](C)[C@H](NC(=O)OC)C(=O)O. The number of carboxylic acid groups (broad SMARTS) is 1. The Bertz CT molecular complexity index is 309. The second-order valence-electron chi connectivity index (χ2n) is 5.50. The molecule has 1 amide bonds. The lowest BCUT2D eigenvalue weighted by Crippen LogP contribution is -2.48. The highest BCUT2D eigenvalue weighted by Gasteiger charge is 2.27. The topological polar surface area (TPSA) is 84.9 Å². The molecule has 6 nitrogen and oxygen atoms in total. The van der Waals surface area contributed by atoms with Crippen LogP contribution in [0.1, 0.15) is 65.2 Å². The van der Waals surface area contributed by atoms with Gasteiger partial charge in [-0.1, -0.05) is 51.9 Å². The van der Waals surface area contributed by atoms with E-state index in [4.69, 9.17) is 9.84 Å². The smallest absolute Gasteiger partial charge is 0.407 e. The van der Waals surface area contributed by atoms with Crippen LogP contribution in [0.5, 0.6) is 0 Å². The van der Waals surface area contributed by atoms with Gasteiger partial charge in [-0.05, 0) is 13.3 Å². The first kappa shape index (κ1) is 20.7. The first-order valence-corrected chi connectivity index (χ1v) is 8.21. The summed E-state index contributed by atoms with van der Waals surface area (Å²) >= 11 is 0. The summed E-state index contributed by atoms with van der Waals surface area (Å²) in [5.74, 6) is -1.13. The number of nitrogens with one attached hydrogen (secondary N) is 1. The Balaban J connectivity index is 3.74. The van der Waals surface area contributed by atoms with E-state index < -0.39 is 24.2 Å². The van der Waals surface area contributed by atoms with Gasteiger partial charge in [-0.25, -0.2) is 9.59 Å². The van der Waals surface area contributed by atoms with Gasteiger partial charge in [-0.3, -0.25) is 0 Å². The van der Waals surface area contributed by atoms with Crippen molar-refractivity contribution in [3.05, 3.63) is 0 Å². The number of ether oxygens (including phenoxy) is 2. The van der Waals surface area contributed by atoms with Gasteiger partial charge >= 0.3 is 12.1 Å². The Labute approximate surface area is 133 Å². The maximum Gasteiger partial charge on any atom is 0.407 e. The Morgan fingerprint density at radius 2 is 1.59 bits per heavy atom. The van der Waals surface area contributed by atoms with Gasteiger partial charge in [-0.2, -0.15) is 0 Å². The van der Waals surface area contributed by atoms with Crippen LogP contribution in [0, 0.1) is 0 Å². The third kappa shape index (κ3) is 10.4. The number of carbonyl (C=O) groups is 2. The molecule has 2 atom stereocenters. The molecule has 0 aliphatic carbocycles. The highest BCUT2D eigenvalue weighted by atomic mass is 16.5. The third-order valence-corrected chi connectivity index (χ3v) is 3.57. The van der Waals surface area contributed by atoms with Gasteiger partial charge in [0.2, 0.25) is 0 Å². The first-order chi connectivity index (χ1) is 10.5. The Kier molecular flexibility index (Phi) is 12.6. The minimum atomic E-state index is -1.13. The quantitative estimate of drug-likeness (QED) is 0.509. The standard InChI is InChI=1S/C16H31NO5/c1-4-5-6-7-8-9-10-11-12-22-13(2)14(15(18)19)17-16(20)21-3/h13-14H,4-12H2,1-3H3,(H,17,20)(H,18,19)/t13-,14+/m1/s1. The summed E-state index contributed by atoms with van der Waals surface area (Å²) in [6, 6.07) is -1.10. The molecule has 0 aliphatic heterocycles. The number of hydrogen-bond donors (Lipinski definition) is 2. The van der Waals surface area contributed by atoms with Crippen LogP contribution in [0.3, 0.4) is 0 Å². The number of hydrogen-bond acceptors (Lipinski definition) is 4. The summed E-state index contributed by atoms with van der Waals surface area (Å²) in [5, 5.41) is 11.3. The zero-order valence-corrected chi connectivity index (χ0v) is 14.1. The average Bonchev–Trinajstić information content (AvgIpc) is 2.50. The minimum absolute atomic E-state index is 0.503. The molecule has 0 fully saturated rings. The first-order valence-electron chi connectivity index (χ1n) is 8.21. The van der Waals surface area contributed by atoms with Gasteiger partial charge in [-0.15, -0.1) is 0 Å². The van der Waals surface area contributed by atoms with Crippen LogP contribution >= 0.6 is 0 Å². The molecule has 130 valence electrons. The van der Waals surface area contributed by atoms with Crippen LogP contribution in [0.15, 0.2) is 0 Å². The van der Waals surface area contributed by atoms with E-state index in [1.165, 1.54) is 45.6 Å². The number of methoxy groups -OCH3 is 1. The van der Waals surface area contributed by atoms with E-state index in [1.807, 2.05) is 0 Å².